The summed E-state index contributed by atoms with van der Waals surface area (Å²) in [5, 5.41) is 0. The summed E-state index contributed by atoms with van der Waals surface area (Å²) in [5.41, 5.74) is 2.34. The van der Waals surface area contributed by atoms with Crippen LogP contribution in [0, 0.1) is 6.92 Å². The van der Waals surface area contributed by atoms with E-state index in [0.29, 0.717) is 5.69 Å². The smallest absolute Gasteiger partial charge is 0.261 e. The second kappa shape index (κ2) is 5.69. The highest BCUT2D eigenvalue weighted by molar-refractivity contribution is 7.92. The van der Waals surface area contributed by atoms with Gasteiger partial charge in [-0.25, -0.2) is 8.42 Å². The molecule has 1 N–H and O–H groups in total. The number of nitrogens with one attached hydrogen (secondary N) is 1. The number of aryl methyl sites for hydroxylation is 1. The Morgan fingerprint density at radius 3 is 2.18 bits per heavy atom. The number of hydrogen-bond donors (Lipinski definition) is 1. The number of aromatic nitrogens is 1. The Bertz CT molecular complexity index is 867. The summed E-state index contributed by atoms with van der Waals surface area (Å²) < 4.78 is 29.6. The third kappa shape index (κ3) is 2.89. The van der Waals surface area contributed by atoms with Crippen LogP contribution < -0.4 is 4.72 Å². The predicted molar refractivity (Wildman–Crippen MR) is 87.8 cm³/mol. The molecule has 4 nitrogen and oxygen atoms in total. The van der Waals surface area contributed by atoms with Gasteiger partial charge in [0.2, 0.25) is 0 Å². The molecule has 0 aliphatic rings. The van der Waals surface area contributed by atoms with E-state index in [1.165, 1.54) is 0 Å². The molecule has 0 bridgehead atoms. The average Bonchev–Trinajstić information content (AvgIpc) is 3.02. The number of rotatable bonds is 4. The zero-order valence-corrected chi connectivity index (χ0v) is 12.9. The summed E-state index contributed by atoms with van der Waals surface area (Å²) in [6.45, 7) is 1.92. The molecule has 0 aliphatic carbocycles. The molecule has 3 aromatic rings. The Morgan fingerprint density at radius 1 is 0.864 bits per heavy atom. The van der Waals surface area contributed by atoms with Gasteiger partial charge in [0, 0.05) is 12.4 Å². The fourth-order valence-corrected chi connectivity index (χ4v) is 3.28. The maximum absolute atomic E-state index is 12.5. The number of para-hydroxylation sites is 2. The molecule has 22 heavy (non-hydrogen) atoms. The van der Waals surface area contributed by atoms with Gasteiger partial charge in [-0.05, 0) is 43.3 Å². The second-order valence-corrected chi connectivity index (χ2v) is 6.71. The maximum Gasteiger partial charge on any atom is 0.261 e. The molecule has 0 amide bonds. The third-order valence-electron chi connectivity index (χ3n) is 3.36. The van der Waals surface area contributed by atoms with Gasteiger partial charge in [-0.3, -0.25) is 4.72 Å². The van der Waals surface area contributed by atoms with Crippen molar-refractivity contribution in [3.63, 3.8) is 0 Å². The minimum absolute atomic E-state index is 0.250. The summed E-state index contributed by atoms with van der Waals surface area (Å²) >= 11 is 0. The van der Waals surface area contributed by atoms with E-state index in [-0.39, 0.29) is 4.90 Å². The lowest BCUT2D eigenvalue weighted by Crippen LogP contribution is -2.14. The van der Waals surface area contributed by atoms with Crippen LogP contribution in [0.3, 0.4) is 0 Å². The van der Waals surface area contributed by atoms with Crippen LogP contribution in [-0.2, 0) is 10.0 Å². The molecule has 5 heteroatoms. The molecule has 1 aromatic heterocycles. The lowest BCUT2D eigenvalue weighted by Gasteiger charge is -2.13. The van der Waals surface area contributed by atoms with Gasteiger partial charge in [0.1, 0.15) is 0 Å². The van der Waals surface area contributed by atoms with Crippen LogP contribution in [-0.4, -0.2) is 13.0 Å². The number of nitrogens with zero attached hydrogens (tertiary/aromatic N) is 1. The maximum atomic E-state index is 12.5. The first-order valence-corrected chi connectivity index (χ1v) is 8.36. The fraction of sp³-hybridized carbons (Fsp3) is 0.0588. The lowest BCUT2D eigenvalue weighted by molar-refractivity contribution is 0.601. The zero-order chi connectivity index (χ0) is 15.6. The summed E-state index contributed by atoms with van der Waals surface area (Å²) in [6, 6.07) is 17.9. The van der Waals surface area contributed by atoms with E-state index in [1.54, 1.807) is 36.4 Å². The molecule has 0 spiro atoms. The van der Waals surface area contributed by atoms with Crippen molar-refractivity contribution in [3.05, 3.63) is 78.6 Å². The van der Waals surface area contributed by atoms with Gasteiger partial charge < -0.3 is 4.57 Å². The molecule has 0 fully saturated rings. The van der Waals surface area contributed by atoms with Gasteiger partial charge in [-0.15, -0.1) is 0 Å². The lowest BCUT2D eigenvalue weighted by atomic mass is 10.2. The average molecular weight is 312 g/mol. The molecule has 2 aromatic carbocycles. The van der Waals surface area contributed by atoms with Gasteiger partial charge >= 0.3 is 0 Å². The topological polar surface area (TPSA) is 51.1 Å². The minimum Gasteiger partial charge on any atom is -0.322 e. The van der Waals surface area contributed by atoms with Gasteiger partial charge in [0.05, 0.1) is 16.3 Å². The molecule has 0 radical (unpaired) electrons. The molecular formula is C17H16N2O2S. The van der Waals surface area contributed by atoms with Crippen molar-refractivity contribution in [1.82, 2.24) is 4.57 Å². The third-order valence-corrected chi connectivity index (χ3v) is 4.74. The highest BCUT2D eigenvalue weighted by Gasteiger charge is 2.16. The minimum atomic E-state index is -3.61. The number of hydrogen-bond acceptors (Lipinski definition) is 2. The van der Waals surface area contributed by atoms with Crippen molar-refractivity contribution in [3.8, 4) is 5.69 Å². The van der Waals surface area contributed by atoms with Crippen LogP contribution in [0.25, 0.3) is 5.69 Å². The summed E-state index contributed by atoms with van der Waals surface area (Å²) in [6.07, 6.45) is 3.75. The normalized spacial score (nSPS) is 11.3. The van der Waals surface area contributed by atoms with Crippen LogP contribution in [0.4, 0.5) is 5.69 Å². The van der Waals surface area contributed by atoms with Crippen molar-refractivity contribution in [2.24, 2.45) is 0 Å². The molecule has 0 aliphatic heterocycles. The highest BCUT2D eigenvalue weighted by Crippen LogP contribution is 2.23. The molecule has 112 valence electrons. The quantitative estimate of drug-likeness (QED) is 0.800. The molecule has 1 heterocycles. The standard InChI is InChI=1S/C17H16N2O2S/c1-14-8-10-15(11-9-14)22(20,21)18-16-6-2-3-7-17(16)19-12-4-5-13-19/h2-13,18H,1H3. The zero-order valence-electron chi connectivity index (χ0n) is 12.1. The van der Waals surface area contributed by atoms with Gasteiger partial charge in [-0.1, -0.05) is 29.8 Å². The van der Waals surface area contributed by atoms with Crippen molar-refractivity contribution >= 4 is 15.7 Å². The molecule has 3 rings (SSSR count). The van der Waals surface area contributed by atoms with Crippen LogP contribution in [0.1, 0.15) is 5.56 Å². The van der Waals surface area contributed by atoms with E-state index in [0.717, 1.165) is 11.3 Å². The summed E-state index contributed by atoms with van der Waals surface area (Å²) in [7, 11) is -3.61. The molecule has 0 saturated carbocycles. The molecule has 0 saturated heterocycles. The van der Waals surface area contributed by atoms with E-state index < -0.39 is 10.0 Å². The van der Waals surface area contributed by atoms with Gasteiger partial charge in [-0.2, -0.15) is 0 Å². The largest absolute Gasteiger partial charge is 0.322 e. The van der Waals surface area contributed by atoms with Gasteiger partial charge in [0.25, 0.3) is 10.0 Å². The van der Waals surface area contributed by atoms with Crippen LogP contribution >= 0.6 is 0 Å². The first kappa shape index (κ1) is 14.4. The van der Waals surface area contributed by atoms with Crippen LogP contribution in [0.15, 0.2) is 78.0 Å². The van der Waals surface area contributed by atoms with E-state index in [2.05, 4.69) is 4.72 Å². The van der Waals surface area contributed by atoms with E-state index in [1.807, 2.05) is 48.1 Å². The van der Waals surface area contributed by atoms with Crippen molar-refractivity contribution < 1.29 is 8.42 Å². The first-order chi connectivity index (χ1) is 10.6. The van der Waals surface area contributed by atoms with Crippen LogP contribution in [0.2, 0.25) is 0 Å². The second-order valence-electron chi connectivity index (χ2n) is 5.03. The van der Waals surface area contributed by atoms with Crippen molar-refractivity contribution in [2.45, 2.75) is 11.8 Å². The molecule has 0 atom stereocenters. The van der Waals surface area contributed by atoms with Crippen molar-refractivity contribution in [1.29, 1.82) is 0 Å². The van der Waals surface area contributed by atoms with Crippen LogP contribution in [0.5, 0.6) is 0 Å². The Balaban J connectivity index is 1.98. The van der Waals surface area contributed by atoms with E-state index in [9.17, 15) is 8.42 Å². The van der Waals surface area contributed by atoms with Gasteiger partial charge in [0.15, 0.2) is 0 Å². The Kier molecular flexibility index (Phi) is 3.73. The van der Waals surface area contributed by atoms with E-state index in [4.69, 9.17) is 0 Å². The Labute approximate surface area is 130 Å². The molecular weight excluding hydrogens is 296 g/mol. The fourth-order valence-electron chi connectivity index (χ4n) is 2.20. The highest BCUT2D eigenvalue weighted by atomic mass is 32.2. The SMILES string of the molecule is Cc1ccc(S(=O)(=O)Nc2ccccc2-n2cccc2)cc1. The Morgan fingerprint density at radius 2 is 1.50 bits per heavy atom. The molecule has 0 unspecified atom stereocenters. The number of benzene rings is 2. The van der Waals surface area contributed by atoms with Crippen molar-refractivity contribution in [2.75, 3.05) is 4.72 Å². The number of sulfonamides is 1. The predicted octanol–water partition coefficient (Wildman–Crippen LogP) is 3.59. The van der Waals surface area contributed by atoms with E-state index >= 15 is 0 Å². The first-order valence-electron chi connectivity index (χ1n) is 6.88. The summed E-state index contributed by atoms with van der Waals surface area (Å²) in [5.74, 6) is 0. The number of anilines is 1. The summed E-state index contributed by atoms with van der Waals surface area (Å²) in [4.78, 5) is 0.250. The monoisotopic (exact) mass is 312 g/mol. The Hall–Kier alpha value is -2.53.